The second-order valence-corrected chi connectivity index (χ2v) is 7.02. The fourth-order valence-corrected chi connectivity index (χ4v) is 3.69. The quantitative estimate of drug-likeness (QED) is 0.847. The zero-order valence-electron chi connectivity index (χ0n) is 15.4. The van der Waals surface area contributed by atoms with Gasteiger partial charge in [0, 0.05) is 50.1 Å². The van der Waals surface area contributed by atoms with Crippen molar-refractivity contribution in [2.75, 3.05) is 32.9 Å². The molecule has 0 radical (unpaired) electrons. The molecular formula is C21H25N3O3. The SMILES string of the molecule is O=C(NCCC1COCCN1Cc1ccc2c(c1)CCO2)c1ccncc1. The number of rotatable bonds is 6. The first-order valence-corrected chi connectivity index (χ1v) is 9.54. The molecule has 3 heterocycles. The number of carbonyl (C=O) groups excluding carboxylic acids is 1. The number of amides is 1. The maximum Gasteiger partial charge on any atom is 0.251 e. The van der Waals surface area contributed by atoms with Gasteiger partial charge in [0.1, 0.15) is 5.75 Å². The number of benzene rings is 1. The van der Waals surface area contributed by atoms with Gasteiger partial charge < -0.3 is 14.8 Å². The summed E-state index contributed by atoms with van der Waals surface area (Å²) in [6, 6.07) is 10.3. The van der Waals surface area contributed by atoms with Crippen molar-refractivity contribution < 1.29 is 14.3 Å². The lowest BCUT2D eigenvalue weighted by Crippen LogP contribution is -2.46. The van der Waals surface area contributed by atoms with Crippen LogP contribution in [0.4, 0.5) is 0 Å². The lowest BCUT2D eigenvalue weighted by molar-refractivity contribution is -0.0141. The molecule has 2 aliphatic heterocycles. The Morgan fingerprint density at radius 2 is 2.11 bits per heavy atom. The molecular weight excluding hydrogens is 342 g/mol. The Labute approximate surface area is 159 Å². The van der Waals surface area contributed by atoms with Crippen molar-refractivity contribution >= 4 is 5.91 Å². The summed E-state index contributed by atoms with van der Waals surface area (Å²) < 4.78 is 11.3. The predicted molar refractivity (Wildman–Crippen MR) is 102 cm³/mol. The van der Waals surface area contributed by atoms with E-state index in [4.69, 9.17) is 9.47 Å². The molecule has 1 aromatic heterocycles. The van der Waals surface area contributed by atoms with Crippen LogP contribution in [0.5, 0.6) is 5.75 Å². The van der Waals surface area contributed by atoms with Gasteiger partial charge >= 0.3 is 0 Å². The van der Waals surface area contributed by atoms with Crippen molar-refractivity contribution in [3.63, 3.8) is 0 Å². The first-order valence-electron chi connectivity index (χ1n) is 9.54. The van der Waals surface area contributed by atoms with Gasteiger partial charge in [-0.05, 0) is 35.7 Å². The second-order valence-electron chi connectivity index (χ2n) is 7.02. The Morgan fingerprint density at radius 3 is 3.00 bits per heavy atom. The Morgan fingerprint density at radius 1 is 1.22 bits per heavy atom. The minimum atomic E-state index is -0.0562. The first-order chi connectivity index (χ1) is 13.3. The number of pyridine rings is 1. The third kappa shape index (κ3) is 4.46. The van der Waals surface area contributed by atoms with Crippen molar-refractivity contribution in [3.8, 4) is 5.75 Å². The highest BCUT2D eigenvalue weighted by Crippen LogP contribution is 2.27. The van der Waals surface area contributed by atoms with E-state index >= 15 is 0 Å². The van der Waals surface area contributed by atoms with Crippen molar-refractivity contribution in [2.24, 2.45) is 0 Å². The maximum atomic E-state index is 12.2. The molecule has 1 unspecified atom stereocenters. The number of aromatic nitrogens is 1. The Kier molecular flexibility index (Phi) is 5.65. The van der Waals surface area contributed by atoms with Crippen LogP contribution < -0.4 is 10.1 Å². The number of hydrogen-bond acceptors (Lipinski definition) is 5. The molecule has 6 nitrogen and oxygen atoms in total. The van der Waals surface area contributed by atoms with Gasteiger partial charge in [-0.3, -0.25) is 14.7 Å². The van der Waals surface area contributed by atoms with E-state index in [1.807, 2.05) is 0 Å². The standard InChI is InChI=1S/C21H25N3O3/c25-21(17-3-7-22-8-4-17)23-9-5-19-15-26-12-10-24(19)14-16-1-2-20-18(13-16)6-11-27-20/h1-4,7-8,13,19H,5-6,9-12,14-15H2,(H,23,25). The molecule has 6 heteroatoms. The third-order valence-electron chi connectivity index (χ3n) is 5.19. The van der Waals surface area contributed by atoms with Gasteiger partial charge in [-0.15, -0.1) is 0 Å². The van der Waals surface area contributed by atoms with Gasteiger partial charge in [0.05, 0.1) is 19.8 Å². The molecule has 1 aromatic carbocycles. The summed E-state index contributed by atoms with van der Waals surface area (Å²) in [7, 11) is 0. The van der Waals surface area contributed by atoms with Gasteiger partial charge in [0.25, 0.3) is 5.91 Å². The zero-order valence-corrected chi connectivity index (χ0v) is 15.4. The lowest BCUT2D eigenvalue weighted by Gasteiger charge is -2.35. The van der Waals surface area contributed by atoms with E-state index in [1.165, 1.54) is 11.1 Å². The highest BCUT2D eigenvalue weighted by atomic mass is 16.5. The third-order valence-corrected chi connectivity index (χ3v) is 5.19. The molecule has 0 aliphatic carbocycles. The van der Waals surface area contributed by atoms with Gasteiger partial charge in [-0.25, -0.2) is 0 Å². The Balaban J connectivity index is 1.31. The van der Waals surface area contributed by atoms with Crippen LogP contribution in [-0.2, 0) is 17.7 Å². The molecule has 1 saturated heterocycles. The minimum absolute atomic E-state index is 0.0562. The van der Waals surface area contributed by atoms with E-state index in [0.717, 1.165) is 44.9 Å². The van der Waals surface area contributed by atoms with Gasteiger partial charge in [0.15, 0.2) is 0 Å². The fraction of sp³-hybridized carbons (Fsp3) is 0.429. The molecule has 1 amide bonds. The molecule has 142 valence electrons. The number of nitrogens with zero attached hydrogens (tertiary/aromatic N) is 2. The maximum absolute atomic E-state index is 12.2. The Hall–Kier alpha value is -2.44. The molecule has 1 atom stereocenters. The van der Waals surface area contributed by atoms with Crippen LogP contribution >= 0.6 is 0 Å². The van der Waals surface area contributed by atoms with Crippen molar-refractivity contribution in [1.82, 2.24) is 15.2 Å². The lowest BCUT2D eigenvalue weighted by atomic mass is 10.1. The van der Waals surface area contributed by atoms with E-state index in [-0.39, 0.29) is 5.91 Å². The van der Waals surface area contributed by atoms with E-state index in [1.54, 1.807) is 24.5 Å². The Bertz CT molecular complexity index is 781. The molecule has 0 bridgehead atoms. The number of carbonyl (C=O) groups is 1. The summed E-state index contributed by atoms with van der Waals surface area (Å²) in [6.07, 6.45) is 5.13. The van der Waals surface area contributed by atoms with Crippen LogP contribution in [0.1, 0.15) is 27.9 Å². The summed E-state index contributed by atoms with van der Waals surface area (Å²) in [6.45, 7) is 4.70. The number of hydrogen-bond donors (Lipinski definition) is 1. The average molecular weight is 367 g/mol. The summed E-state index contributed by atoms with van der Waals surface area (Å²) in [4.78, 5) is 18.6. The predicted octanol–water partition coefficient (Wildman–Crippen LogP) is 2.04. The number of fused-ring (bicyclic) bond motifs is 1. The average Bonchev–Trinajstić information content (AvgIpc) is 3.18. The molecule has 27 heavy (non-hydrogen) atoms. The van der Waals surface area contributed by atoms with Crippen LogP contribution in [-0.4, -0.2) is 54.7 Å². The molecule has 4 rings (SSSR count). The summed E-state index contributed by atoms with van der Waals surface area (Å²) >= 11 is 0. The number of ether oxygens (including phenoxy) is 2. The molecule has 2 aliphatic rings. The van der Waals surface area contributed by atoms with E-state index < -0.39 is 0 Å². The smallest absolute Gasteiger partial charge is 0.251 e. The highest BCUT2D eigenvalue weighted by molar-refractivity contribution is 5.93. The monoisotopic (exact) mass is 367 g/mol. The first kappa shape index (κ1) is 17.9. The molecule has 0 spiro atoms. The molecule has 1 N–H and O–H groups in total. The van der Waals surface area contributed by atoms with E-state index in [2.05, 4.69) is 33.4 Å². The van der Waals surface area contributed by atoms with Crippen LogP contribution in [0.15, 0.2) is 42.7 Å². The van der Waals surface area contributed by atoms with E-state index in [9.17, 15) is 4.79 Å². The van der Waals surface area contributed by atoms with Crippen LogP contribution in [0, 0.1) is 0 Å². The molecule has 2 aromatic rings. The van der Waals surface area contributed by atoms with Crippen molar-refractivity contribution in [2.45, 2.75) is 25.4 Å². The van der Waals surface area contributed by atoms with Crippen LogP contribution in [0.2, 0.25) is 0 Å². The summed E-state index contributed by atoms with van der Waals surface area (Å²) in [5, 5.41) is 3.00. The molecule has 0 saturated carbocycles. The second kappa shape index (κ2) is 8.50. The van der Waals surface area contributed by atoms with Crippen molar-refractivity contribution in [1.29, 1.82) is 0 Å². The minimum Gasteiger partial charge on any atom is -0.493 e. The number of nitrogens with one attached hydrogen (secondary N) is 1. The highest BCUT2D eigenvalue weighted by Gasteiger charge is 2.23. The zero-order chi connectivity index (χ0) is 18.5. The van der Waals surface area contributed by atoms with Gasteiger partial charge in [0.2, 0.25) is 0 Å². The largest absolute Gasteiger partial charge is 0.493 e. The van der Waals surface area contributed by atoms with Crippen molar-refractivity contribution in [3.05, 3.63) is 59.4 Å². The summed E-state index contributed by atoms with van der Waals surface area (Å²) in [5.41, 5.74) is 3.26. The number of morpholine rings is 1. The van der Waals surface area contributed by atoms with Gasteiger partial charge in [-0.2, -0.15) is 0 Å². The van der Waals surface area contributed by atoms with E-state index in [0.29, 0.717) is 24.8 Å². The topological polar surface area (TPSA) is 63.7 Å². The fourth-order valence-electron chi connectivity index (χ4n) is 3.69. The van der Waals surface area contributed by atoms with Gasteiger partial charge in [-0.1, -0.05) is 12.1 Å². The normalized spacial score (nSPS) is 19.3. The van der Waals surface area contributed by atoms with Crippen LogP contribution in [0.25, 0.3) is 0 Å². The van der Waals surface area contributed by atoms with Crippen LogP contribution in [0.3, 0.4) is 0 Å². The molecule has 1 fully saturated rings. The summed E-state index contributed by atoms with van der Waals surface area (Å²) in [5.74, 6) is 0.968.